The smallest absolute Gasteiger partial charge is 0.322 e. The van der Waals surface area contributed by atoms with Crippen molar-refractivity contribution in [1.82, 2.24) is 52.8 Å². The number of carboxylic acid groups (broad SMARTS) is 2. The van der Waals surface area contributed by atoms with Crippen LogP contribution < -0.4 is 111 Å². The minimum Gasteiger partial charge on any atom is -0.481 e. The summed E-state index contributed by atoms with van der Waals surface area (Å²) < 4.78 is 0. The summed E-state index contributed by atoms with van der Waals surface area (Å²) in [6.07, 6.45) is -0.998. The van der Waals surface area contributed by atoms with Gasteiger partial charge in [-0.25, -0.2) is 0 Å². The first-order chi connectivity index (χ1) is 44.8. The summed E-state index contributed by atoms with van der Waals surface area (Å²) in [4.78, 5) is 180. The van der Waals surface area contributed by atoms with Crippen LogP contribution in [-0.4, -0.2) is 234 Å². The van der Waals surface area contributed by atoms with Gasteiger partial charge in [0, 0.05) is 39.1 Å². The number of aliphatic imine (C=N–C) groups is 4. The van der Waals surface area contributed by atoms with Crippen LogP contribution in [0.15, 0.2) is 20.0 Å². The maximum absolute atomic E-state index is 14.5. The third kappa shape index (κ3) is 34.9. The van der Waals surface area contributed by atoms with E-state index in [4.69, 9.17) is 63.1 Å². The average molecular weight is 1350 g/mol. The molecule has 10 amide bonds. The van der Waals surface area contributed by atoms with E-state index in [1.807, 2.05) is 0 Å². The molecule has 1 rings (SSSR count). The number of guanidine groups is 4. The van der Waals surface area contributed by atoms with Gasteiger partial charge >= 0.3 is 11.9 Å². The number of carbonyl (C=O) groups excluding carboxylic acids is 10. The second kappa shape index (κ2) is 45.8. The summed E-state index contributed by atoms with van der Waals surface area (Å²) in [6.45, 7) is 2.23. The van der Waals surface area contributed by atoms with Crippen LogP contribution in [0.5, 0.6) is 0 Å². The van der Waals surface area contributed by atoms with E-state index in [1.165, 1.54) is 18.7 Å². The molecule has 95 heavy (non-hydrogen) atoms. The van der Waals surface area contributed by atoms with Crippen molar-refractivity contribution in [2.24, 2.45) is 83.0 Å². The van der Waals surface area contributed by atoms with E-state index in [-0.39, 0.29) is 147 Å². The van der Waals surface area contributed by atoms with E-state index in [9.17, 15) is 72.9 Å². The van der Waals surface area contributed by atoms with Crippen molar-refractivity contribution in [3.8, 4) is 0 Å². The molecule has 0 aromatic carbocycles. The zero-order valence-electron chi connectivity index (χ0n) is 54.1. The van der Waals surface area contributed by atoms with Crippen LogP contribution in [0.4, 0.5) is 0 Å². The quantitative estimate of drug-likeness (QED) is 0.0153. The van der Waals surface area contributed by atoms with Crippen LogP contribution >= 0.6 is 0 Å². The fraction of sp³-hybridized carbons (Fsp3) is 0.709. The fourth-order valence-electron chi connectivity index (χ4n) is 9.44. The third-order valence-corrected chi connectivity index (χ3v) is 14.6. The highest BCUT2D eigenvalue weighted by Gasteiger charge is 2.40. The van der Waals surface area contributed by atoms with Crippen molar-refractivity contribution >= 4 is 94.8 Å². The van der Waals surface area contributed by atoms with Gasteiger partial charge < -0.3 is 131 Å². The molecule has 0 aromatic rings. The number of carboxylic acids is 2. The third-order valence-electron chi connectivity index (χ3n) is 14.6. The zero-order valence-corrected chi connectivity index (χ0v) is 54.1. The second-order valence-electron chi connectivity index (χ2n) is 22.5. The molecule has 1 saturated heterocycles. The molecule has 40 heteroatoms. The van der Waals surface area contributed by atoms with Crippen LogP contribution in [0.3, 0.4) is 0 Å². The molecule has 11 atom stereocenters. The molecule has 0 bridgehead atoms. The molecule has 0 aliphatic carbocycles. The summed E-state index contributed by atoms with van der Waals surface area (Å²) >= 11 is 0. The van der Waals surface area contributed by atoms with Gasteiger partial charge in [0.25, 0.3) is 0 Å². The first kappa shape index (κ1) is 83.6. The molecule has 40 nitrogen and oxygen atoms in total. The Morgan fingerprint density at radius 3 is 1.11 bits per heavy atom. The molecular formula is C55H103N25O15. The number of aliphatic hydroxyl groups excluding tert-OH is 1. The van der Waals surface area contributed by atoms with Crippen LogP contribution in [0.1, 0.15) is 129 Å². The predicted molar refractivity (Wildman–Crippen MR) is 348 cm³/mol. The highest BCUT2D eigenvalue weighted by molar-refractivity contribution is 5.99. The lowest BCUT2D eigenvalue weighted by molar-refractivity contribution is -0.142. The van der Waals surface area contributed by atoms with Crippen LogP contribution in [0, 0.1) is 0 Å². The maximum atomic E-state index is 14.5. The standard InChI is InChI=1S/C55H103N25O15/c1-29(42(86)73-32(12-3-5-21-56)45(89)75-33(13-4-6-22-57)46(90)74-31(14-7-23-67-52(59)60)43(87)71-28-40(84)85)72-44(88)34(15-8-24-68-53(61)62)76-47(91)35(16-9-25-69-54(63)64)77-49(93)37(19-20-39(82)83)78-48(92)36(17-10-26-70-55(65)66)79-50(94)38-18-11-27-80(38)51(95)41(58)30(2)81/h29-38,41,81H,3-28,56-58H2,1-2H3,(H,71,87)(H,72,88)(H,73,86)(H,74,90)(H,75,89)(H,76,91)(H,77,93)(H,78,92)(H,79,94)(H,82,83)(H,84,85)(H4,59,60,67)(H4,61,62,68)(H4,63,64,69)(H4,65,66,70)/t29-,30+,31-,32-,33-,34-,35-,36-,37-,38-,41-/m0/s1. The van der Waals surface area contributed by atoms with Gasteiger partial charge in [-0.3, -0.25) is 77.5 Å². The second-order valence-corrected chi connectivity index (χ2v) is 22.5. The van der Waals surface area contributed by atoms with Crippen molar-refractivity contribution in [1.29, 1.82) is 0 Å². The molecule has 0 aromatic heterocycles. The van der Waals surface area contributed by atoms with E-state index < -0.39 is 157 Å². The Morgan fingerprint density at radius 2 is 0.768 bits per heavy atom. The molecule has 1 heterocycles. The lowest BCUT2D eigenvalue weighted by Gasteiger charge is -2.29. The highest BCUT2D eigenvalue weighted by Crippen LogP contribution is 2.20. The number of hydrogen-bond donors (Lipinski definition) is 23. The summed E-state index contributed by atoms with van der Waals surface area (Å²) in [6, 6.07) is -14.2. The Labute approximate surface area is 550 Å². The van der Waals surface area contributed by atoms with Crippen molar-refractivity contribution in [2.45, 2.75) is 196 Å². The van der Waals surface area contributed by atoms with Crippen molar-refractivity contribution in [2.75, 3.05) is 52.4 Å². The van der Waals surface area contributed by atoms with Crippen LogP contribution in [0.2, 0.25) is 0 Å². The topological polar surface area (TPSA) is 713 Å². The van der Waals surface area contributed by atoms with Crippen molar-refractivity contribution in [3.05, 3.63) is 0 Å². The lowest BCUT2D eigenvalue weighted by Crippen LogP contribution is -2.60. The van der Waals surface area contributed by atoms with Gasteiger partial charge in [-0.15, -0.1) is 0 Å². The number of unbranched alkanes of at least 4 members (excludes halogenated alkanes) is 2. The van der Waals surface area contributed by atoms with E-state index in [0.29, 0.717) is 25.7 Å². The minimum absolute atomic E-state index is 0.000903. The molecular weight excluding hydrogens is 1250 g/mol. The molecule has 1 aliphatic rings. The maximum Gasteiger partial charge on any atom is 0.322 e. The summed E-state index contributed by atoms with van der Waals surface area (Å²) in [5, 5.41) is 51.6. The van der Waals surface area contributed by atoms with Gasteiger partial charge in [0.1, 0.15) is 67.0 Å². The Balaban J connectivity index is 3.68. The Bertz CT molecular complexity index is 2650. The van der Waals surface area contributed by atoms with E-state index in [0.717, 1.165) is 0 Å². The number of likely N-dealkylation sites (tertiary alicyclic amines) is 1. The number of nitrogens with one attached hydrogen (secondary N) is 9. The Hall–Kier alpha value is -9.44. The Kier molecular flexibility index (Phi) is 40.3. The zero-order chi connectivity index (χ0) is 71.7. The lowest BCUT2D eigenvalue weighted by atomic mass is 10.0. The van der Waals surface area contributed by atoms with E-state index in [1.54, 1.807) is 0 Å². The molecule has 0 spiro atoms. The molecule has 538 valence electrons. The molecule has 34 N–H and O–H groups in total. The van der Waals surface area contributed by atoms with Crippen LogP contribution in [0.25, 0.3) is 0 Å². The Morgan fingerprint density at radius 1 is 0.442 bits per heavy atom. The number of carbonyl (C=O) groups is 12. The van der Waals surface area contributed by atoms with Gasteiger partial charge in [-0.05, 0) is 136 Å². The fourth-order valence-corrected chi connectivity index (χ4v) is 9.44. The normalized spacial score (nSPS) is 15.6. The average Bonchev–Trinajstić information content (AvgIpc) is 1.80. The van der Waals surface area contributed by atoms with Gasteiger partial charge in [0.05, 0.1) is 6.10 Å². The van der Waals surface area contributed by atoms with Gasteiger partial charge in [0.15, 0.2) is 23.8 Å². The number of amides is 10. The largest absolute Gasteiger partial charge is 0.481 e. The highest BCUT2D eigenvalue weighted by atomic mass is 16.4. The summed E-state index contributed by atoms with van der Waals surface area (Å²) in [7, 11) is 0. The first-order valence-electron chi connectivity index (χ1n) is 31.3. The SMILES string of the molecule is C[C@H](NC(=O)[C@H](CCCN=C(N)N)NC(=O)[C@H](CCCN=C(N)N)NC(=O)[C@H](CCC(=O)O)NC(=O)[C@H](CCCN=C(N)N)NC(=O)[C@@H]1CCCN1C(=O)[C@@H](N)[C@@H](C)O)C(=O)N[C@@H](CCCCN)C(=O)N[C@@H](CCCCN)C(=O)N[C@@H](CCCN=C(N)N)C(=O)NCC(=O)O. The number of aliphatic carboxylic acids is 2. The van der Waals surface area contributed by atoms with E-state index >= 15 is 0 Å². The van der Waals surface area contributed by atoms with Gasteiger partial charge in [0.2, 0.25) is 59.1 Å². The molecule has 0 unspecified atom stereocenters. The molecule has 1 fully saturated rings. The number of rotatable bonds is 48. The number of nitrogens with two attached hydrogens (primary N) is 11. The number of aliphatic hydroxyl groups is 1. The van der Waals surface area contributed by atoms with Gasteiger partial charge in [-0.1, -0.05) is 0 Å². The molecule has 0 radical (unpaired) electrons. The van der Waals surface area contributed by atoms with Crippen LogP contribution in [-0.2, 0) is 57.5 Å². The molecule has 1 aliphatic heterocycles. The number of hydrogen-bond acceptors (Lipinski definition) is 20. The first-order valence-corrected chi connectivity index (χ1v) is 31.3. The minimum atomic E-state index is -1.72. The number of nitrogens with zero attached hydrogens (tertiary/aromatic N) is 5. The van der Waals surface area contributed by atoms with Gasteiger partial charge in [-0.2, -0.15) is 0 Å². The summed E-state index contributed by atoms with van der Waals surface area (Å²) in [5.74, 6) is -12.9. The van der Waals surface area contributed by atoms with Crippen molar-refractivity contribution < 1.29 is 72.9 Å². The molecule has 0 saturated carbocycles. The predicted octanol–water partition coefficient (Wildman–Crippen LogP) is -9.88. The van der Waals surface area contributed by atoms with E-state index in [2.05, 4.69) is 67.8 Å². The summed E-state index contributed by atoms with van der Waals surface area (Å²) in [5.41, 5.74) is 61.3. The monoisotopic (exact) mass is 1350 g/mol. The van der Waals surface area contributed by atoms with Crippen molar-refractivity contribution in [3.63, 3.8) is 0 Å².